The van der Waals surface area contributed by atoms with E-state index in [-0.39, 0.29) is 50.0 Å². The van der Waals surface area contributed by atoms with Gasteiger partial charge in [0.05, 0.1) is 16.7 Å². The maximum atomic E-state index is 2.68. The zero-order chi connectivity index (χ0) is 67.8. The third-order valence-electron chi connectivity index (χ3n) is 21.6. The molecule has 0 unspecified atom stereocenters. The monoisotopic (exact) mass is 1250 g/mol. The average Bonchev–Trinajstić information content (AvgIpc) is 1.08. The van der Waals surface area contributed by atoms with Gasteiger partial charge in [-0.1, -0.05) is 286 Å². The van der Waals surface area contributed by atoms with Gasteiger partial charge in [-0.15, -0.1) is 0 Å². The number of nitrogens with zero attached hydrogens (tertiary/aromatic N) is 3. The molecule has 14 rings (SSSR count). The highest BCUT2D eigenvalue weighted by atomic mass is 15.2. The summed E-state index contributed by atoms with van der Waals surface area (Å²) in [5.41, 5.74) is 32.6. The molecule has 1 aromatic heterocycles. The number of para-hydroxylation sites is 2. The molecule has 0 bridgehead atoms. The fraction of sp³-hybridized carbons (Fsp3) is 0.341. The molecule has 0 saturated carbocycles. The number of hydrogen-bond donors (Lipinski definition) is 0. The molecule has 3 heterocycles. The van der Waals surface area contributed by atoms with Crippen molar-refractivity contribution in [2.24, 2.45) is 0 Å². The molecule has 3 nitrogen and oxygen atoms in total. The molecule has 0 saturated heterocycles. The summed E-state index contributed by atoms with van der Waals surface area (Å²) in [6.45, 7) is 52.1. The van der Waals surface area contributed by atoms with E-state index in [2.05, 4.69) is 361 Å². The van der Waals surface area contributed by atoms with Crippen molar-refractivity contribution in [2.45, 2.75) is 202 Å². The molecule has 1 aliphatic carbocycles. The Hall–Kier alpha value is -8.34. The van der Waals surface area contributed by atoms with Crippen LogP contribution in [0.3, 0.4) is 0 Å². The highest BCUT2D eigenvalue weighted by Gasteiger charge is 2.46. The molecular weight excluding hydrogens is 1150 g/mol. The van der Waals surface area contributed by atoms with Crippen LogP contribution in [0.4, 0.5) is 34.1 Å². The fourth-order valence-electron chi connectivity index (χ4n) is 16.1. The van der Waals surface area contributed by atoms with Crippen LogP contribution in [0, 0.1) is 0 Å². The number of fused-ring (bicyclic) bond motifs is 8. The molecule has 95 heavy (non-hydrogen) atoms. The molecule has 482 valence electrons. The summed E-state index contributed by atoms with van der Waals surface area (Å²) in [7, 11) is 0. The van der Waals surface area contributed by atoms with Crippen molar-refractivity contribution < 1.29 is 0 Å². The van der Waals surface area contributed by atoms with Crippen molar-refractivity contribution in [1.82, 2.24) is 4.57 Å². The van der Waals surface area contributed by atoms with E-state index < -0.39 is 0 Å². The summed E-state index contributed by atoms with van der Waals surface area (Å²) < 4.78 is 2.54. The molecule has 11 aromatic rings. The Morgan fingerprint density at radius 1 is 0.295 bits per heavy atom. The molecule has 0 fully saturated rings. The van der Waals surface area contributed by atoms with Gasteiger partial charge in [-0.25, -0.2) is 0 Å². The van der Waals surface area contributed by atoms with Crippen LogP contribution >= 0.6 is 0 Å². The van der Waals surface area contributed by atoms with Crippen LogP contribution in [0.5, 0.6) is 0 Å². The fourth-order valence-corrected chi connectivity index (χ4v) is 16.1. The molecule has 0 amide bonds. The van der Waals surface area contributed by atoms with Gasteiger partial charge in [-0.2, -0.15) is 0 Å². The first-order valence-corrected chi connectivity index (χ1v) is 35.1. The molecule has 0 spiro atoms. The molecule has 10 aromatic carbocycles. The van der Waals surface area contributed by atoms with Crippen LogP contribution in [0.15, 0.2) is 194 Å². The SMILES string of the molecule is CC(C)(C)c1cc(-c2ccc3c(c2)B2c4cc(-c5cc(C(C)(C)C)cc(C(C)(C)C)c5)ccc4N(c4cc(C(C)(C)C)cc(C(C)(C)C)c4)c4cc(-n5c6ccccc6c6ccccc65)cc(c42)N3c2ccc(-c3ccc4c(c3)C(C)(C)CC4(C)C)cc2)cc(C(C)(C)C)c1. The summed E-state index contributed by atoms with van der Waals surface area (Å²) in [5, 5.41) is 2.49. The first kappa shape index (κ1) is 64.0. The predicted molar refractivity (Wildman–Crippen MR) is 414 cm³/mol. The van der Waals surface area contributed by atoms with Crippen LogP contribution in [-0.2, 0) is 43.3 Å². The smallest absolute Gasteiger partial charge is 0.252 e. The van der Waals surface area contributed by atoms with E-state index in [1.54, 1.807) is 0 Å². The Balaban J connectivity index is 1.12. The number of anilines is 6. The van der Waals surface area contributed by atoms with E-state index in [1.165, 1.54) is 145 Å². The minimum Gasteiger partial charge on any atom is -0.311 e. The van der Waals surface area contributed by atoms with Gasteiger partial charge >= 0.3 is 0 Å². The van der Waals surface area contributed by atoms with Gasteiger partial charge in [0.2, 0.25) is 0 Å². The number of rotatable bonds is 6. The topological polar surface area (TPSA) is 11.4 Å². The van der Waals surface area contributed by atoms with Crippen molar-refractivity contribution in [1.29, 1.82) is 0 Å². The first-order valence-electron chi connectivity index (χ1n) is 35.1. The molecule has 0 atom stereocenters. The summed E-state index contributed by atoms with van der Waals surface area (Å²) in [5.74, 6) is 0. The number of benzene rings is 10. The van der Waals surface area contributed by atoms with Crippen molar-refractivity contribution in [2.75, 3.05) is 9.80 Å². The molecule has 3 aliphatic rings. The normalized spacial score (nSPS) is 15.3. The van der Waals surface area contributed by atoms with Crippen LogP contribution in [-0.4, -0.2) is 11.3 Å². The Morgan fingerprint density at radius 2 is 0.653 bits per heavy atom. The zero-order valence-corrected chi connectivity index (χ0v) is 61.1. The van der Waals surface area contributed by atoms with E-state index in [0.717, 1.165) is 17.8 Å². The molecular formula is C91H100BN3. The number of aromatic nitrogens is 1. The first-order chi connectivity index (χ1) is 44.3. The van der Waals surface area contributed by atoms with E-state index in [0.29, 0.717) is 0 Å². The second kappa shape index (κ2) is 21.6. The second-order valence-electron chi connectivity index (χ2n) is 36.0. The summed E-state index contributed by atoms with van der Waals surface area (Å²) in [6, 6.07) is 77.3. The Kier molecular flexibility index (Phi) is 14.5. The largest absolute Gasteiger partial charge is 0.311 e. The molecule has 2 aliphatic heterocycles. The third kappa shape index (κ3) is 11.1. The van der Waals surface area contributed by atoms with Crippen LogP contribution in [0.25, 0.3) is 60.9 Å². The Labute approximate surface area is 569 Å². The van der Waals surface area contributed by atoms with Gasteiger partial charge < -0.3 is 14.4 Å². The number of hydrogen-bond acceptors (Lipinski definition) is 2. The molecule has 0 N–H and O–H groups in total. The second-order valence-corrected chi connectivity index (χ2v) is 36.0. The van der Waals surface area contributed by atoms with Gasteiger partial charge in [-0.3, -0.25) is 0 Å². The van der Waals surface area contributed by atoms with Gasteiger partial charge in [0, 0.05) is 44.9 Å². The van der Waals surface area contributed by atoms with Gasteiger partial charge in [-0.05, 0) is 205 Å². The summed E-state index contributed by atoms with van der Waals surface area (Å²) in [4.78, 5) is 5.31. The Bertz CT molecular complexity index is 4770. The van der Waals surface area contributed by atoms with Gasteiger partial charge in [0.1, 0.15) is 0 Å². The van der Waals surface area contributed by atoms with E-state index in [9.17, 15) is 0 Å². The lowest BCUT2D eigenvalue weighted by molar-refractivity contribution is 0.403. The lowest BCUT2D eigenvalue weighted by atomic mass is 9.33. The van der Waals surface area contributed by atoms with Gasteiger partial charge in [0.15, 0.2) is 0 Å². The highest BCUT2D eigenvalue weighted by molar-refractivity contribution is 7.00. The molecule has 4 heteroatoms. The van der Waals surface area contributed by atoms with Crippen molar-refractivity contribution in [3.05, 3.63) is 239 Å². The maximum absolute atomic E-state index is 2.68. The van der Waals surface area contributed by atoms with E-state index in [4.69, 9.17) is 0 Å². The minimum atomic E-state index is -0.170. The average molecular weight is 1250 g/mol. The maximum Gasteiger partial charge on any atom is 0.252 e. The lowest BCUT2D eigenvalue weighted by Gasteiger charge is -2.45. The van der Waals surface area contributed by atoms with Crippen LogP contribution < -0.4 is 26.2 Å². The summed E-state index contributed by atoms with van der Waals surface area (Å²) in [6.07, 6.45) is 1.14. The van der Waals surface area contributed by atoms with Crippen LogP contribution in [0.2, 0.25) is 0 Å². The predicted octanol–water partition coefficient (Wildman–Crippen LogP) is 23.6. The zero-order valence-electron chi connectivity index (χ0n) is 61.1. The van der Waals surface area contributed by atoms with Crippen LogP contribution in [0.1, 0.15) is 203 Å². The van der Waals surface area contributed by atoms with E-state index in [1.807, 2.05) is 0 Å². The standard InChI is InChI=1S/C91H100BN3/c1-84(2,3)62-41-60(42-63(48-62)85(4,5)6)58-34-39-79-75(46-58)92-76-47-59(61-43-64(86(7,8)9)49-65(44-61)87(10,11)12)35-40-80(76)95(69-51-66(88(13,14)15)50-67(52-69)89(16,17)18)82-54-70(94-77-29-25-23-27-71(77)72-28-24-26-30-78(72)94)53-81(83(82)92)93(79)68-36-31-56(32-37-68)57-33-38-73-74(45-57)91(21,22)55-90(73,19)20/h23-54H,55H2,1-22H3. The van der Waals surface area contributed by atoms with Crippen molar-refractivity contribution in [3.63, 3.8) is 0 Å². The summed E-state index contributed by atoms with van der Waals surface area (Å²) >= 11 is 0. The molecule has 0 radical (unpaired) electrons. The van der Waals surface area contributed by atoms with Crippen molar-refractivity contribution in [3.8, 4) is 39.1 Å². The Morgan fingerprint density at radius 3 is 1.07 bits per heavy atom. The highest BCUT2D eigenvalue weighted by Crippen LogP contribution is 2.52. The minimum absolute atomic E-state index is 0.0570. The van der Waals surface area contributed by atoms with Crippen molar-refractivity contribution >= 4 is 79.0 Å². The van der Waals surface area contributed by atoms with E-state index >= 15 is 0 Å². The lowest BCUT2D eigenvalue weighted by Crippen LogP contribution is -2.61. The quantitative estimate of drug-likeness (QED) is 0.154. The van der Waals surface area contributed by atoms with Gasteiger partial charge in [0.25, 0.3) is 6.71 Å². The third-order valence-corrected chi connectivity index (χ3v) is 21.6.